The van der Waals surface area contributed by atoms with Crippen LogP contribution >= 0.6 is 0 Å². The van der Waals surface area contributed by atoms with Crippen LogP contribution in [-0.2, 0) is 32.5 Å². The fourth-order valence-corrected chi connectivity index (χ4v) is 12.6. The van der Waals surface area contributed by atoms with E-state index >= 15 is 0 Å². The zero-order valence-corrected chi connectivity index (χ0v) is 46.9. The lowest BCUT2D eigenvalue weighted by atomic mass is 9.43. The van der Waals surface area contributed by atoms with E-state index in [1.807, 2.05) is 0 Å². The van der Waals surface area contributed by atoms with Gasteiger partial charge in [-0.2, -0.15) is 0 Å². The van der Waals surface area contributed by atoms with Gasteiger partial charge in [0.2, 0.25) is 0 Å². The molecule has 0 amide bonds. The highest BCUT2D eigenvalue weighted by Gasteiger charge is 2.46. The number of hydrogen-bond acceptors (Lipinski definition) is 2. The van der Waals surface area contributed by atoms with E-state index in [1.165, 1.54) is 112 Å². The van der Waals surface area contributed by atoms with Crippen LogP contribution in [0.2, 0.25) is 0 Å². The number of benzene rings is 7. The Morgan fingerprint density at radius 2 is 0.972 bits per heavy atom. The highest BCUT2D eigenvalue weighted by molar-refractivity contribution is 6.93. The van der Waals surface area contributed by atoms with Crippen molar-refractivity contribution < 1.29 is 0 Å². The van der Waals surface area contributed by atoms with Gasteiger partial charge in [0, 0.05) is 50.5 Å². The van der Waals surface area contributed by atoms with Crippen LogP contribution in [0.25, 0.3) is 38.6 Å². The Labute approximate surface area is 432 Å². The molecule has 0 unspecified atom stereocenters. The van der Waals surface area contributed by atoms with E-state index in [4.69, 9.17) is 0 Å². The summed E-state index contributed by atoms with van der Waals surface area (Å²) in [6, 6.07) is 48.6. The van der Waals surface area contributed by atoms with Crippen molar-refractivity contribution in [1.82, 2.24) is 4.57 Å². The van der Waals surface area contributed by atoms with Crippen molar-refractivity contribution in [3.05, 3.63) is 166 Å². The smallest absolute Gasteiger partial charge is 0.333 e. The lowest BCUT2D eigenvalue weighted by Gasteiger charge is -2.46. The van der Waals surface area contributed by atoms with Crippen molar-refractivity contribution in [3.63, 3.8) is 0 Å². The maximum absolute atomic E-state index is 2.81. The first-order chi connectivity index (χ1) is 33.5. The second kappa shape index (κ2) is 15.8. The predicted octanol–water partition coefficient (Wildman–Crippen LogP) is 17.6. The normalized spacial score (nSPS) is 16.0. The van der Waals surface area contributed by atoms with Gasteiger partial charge < -0.3 is 14.3 Å². The third-order valence-electron chi connectivity index (χ3n) is 17.2. The molecule has 3 nitrogen and oxygen atoms in total. The molecule has 0 bridgehead atoms. The van der Waals surface area contributed by atoms with Crippen LogP contribution in [0.4, 0.5) is 28.4 Å². The Balaban J connectivity index is 1.26. The van der Waals surface area contributed by atoms with Crippen molar-refractivity contribution in [2.45, 2.75) is 170 Å². The van der Waals surface area contributed by atoms with Crippen molar-refractivity contribution in [2.24, 2.45) is 0 Å². The summed E-state index contributed by atoms with van der Waals surface area (Å²) in [7, 11) is 0. The first-order valence-electron chi connectivity index (χ1n) is 26.9. The Hall–Kier alpha value is -6.00. The SMILES string of the molecule is Cc1cc2c3c(c1)-n1c4ccc(C(C)(C)C)cc4c4cc(C(C)(C)C)cc(c41)B3N(c1cc3c(cc1C)C(C)(C)CCC3(C)C)c1cc(N(c3ccc(C(C)(C)C)cc3)c3ccc(C(C)(C)C)cc3)ccc1-2. The number of aromatic nitrogens is 1. The second-order valence-corrected chi connectivity index (χ2v) is 27.6. The Bertz CT molecular complexity index is 3460. The maximum atomic E-state index is 2.81. The quantitative estimate of drug-likeness (QED) is 0.163. The van der Waals surface area contributed by atoms with Crippen molar-refractivity contribution in [3.8, 4) is 16.8 Å². The van der Waals surface area contributed by atoms with Gasteiger partial charge in [0.05, 0.1) is 11.0 Å². The minimum Gasteiger partial charge on any atom is -0.376 e. The molecule has 0 spiro atoms. The summed E-state index contributed by atoms with van der Waals surface area (Å²) < 4.78 is 2.65. The van der Waals surface area contributed by atoms with E-state index in [2.05, 4.69) is 260 Å². The summed E-state index contributed by atoms with van der Waals surface area (Å²) in [4.78, 5) is 5.30. The molecular formula is C68H78BN3. The number of hydrogen-bond donors (Lipinski definition) is 0. The lowest BCUT2D eigenvalue weighted by Crippen LogP contribution is -2.61. The van der Waals surface area contributed by atoms with E-state index in [9.17, 15) is 0 Å². The minimum atomic E-state index is -0.0934. The predicted molar refractivity (Wildman–Crippen MR) is 314 cm³/mol. The molecule has 1 aliphatic carbocycles. The van der Waals surface area contributed by atoms with Gasteiger partial charge in [-0.1, -0.05) is 165 Å². The van der Waals surface area contributed by atoms with Crippen LogP contribution in [0.5, 0.6) is 0 Å². The Morgan fingerprint density at radius 1 is 0.458 bits per heavy atom. The molecule has 0 saturated carbocycles. The van der Waals surface area contributed by atoms with Crippen LogP contribution in [0.15, 0.2) is 121 Å². The molecule has 3 aliphatic rings. The number of rotatable bonds is 4. The second-order valence-electron chi connectivity index (χ2n) is 27.6. The topological polar surface area (TPSA) is 11.4 Å². The van der Waals surface area contributed by atoms with Crippen molar-refractivity contribution in [2.75, 3.05) is 9.71 Å². The average molecular weight is 948 g/mol. The fraction of sp³-hybridized carbons (Fsp3) is 0.382. The lowest BCUT2D eigenvalue weighted by molar-refractivity contribution is 0.332. The highest BCUT2D eigenvalue weighted by atomic mass is 15.2. The standard InChI is InChI=1S/C68H78BN3/c1-41-33-52-50-29-28-49(70(47-24-19-43(20-25-47)63(3,4)5)48-26-21-44(22-27-48)64(6,7)8)39-59(50)72(58-40-55-54(35-42(58)2)67(15,16)31-32-68(55,17)18)69-56-38-46(66(12,13)14)37-53-51-36-45(65(9,10)11)23-30-57(51)71(62(53)56)60(34-41)61(52)69/h19-30,33-40H,31-32H2,1-18H3. The minimum absolute atomic E-state index is 0.0139. The van der Waals surface area contributed by atoms with E-state index < -0.39 is 0 Å². The molecule has 1 aromatic heterocycles. The molecular weight excluding hydrogens is 870 g/mol. The van der Waals surface area contributed by atoms with Gasteiger partial charge >= 0.3 is 6.85 Å². The Morgan fingerprint density at radius 3 is 1.53 bits per heavy atom. The number of aryl methyl sites for hydroxylation is 2. The van der Waals surface area contributed by atoms with Gasteiger partial charge in [0.15, 0.2) is 0 Å². The molecule has 72 heavy (non-hydrogen) atoms. The van der Waals surface area contributed by atoms with Crippen LogP contribution in [0.1, 0.15) is 168 Å². The van der Waals surface area contributed by atoms with Crippen molar-refractivity contribution >= 4 is 68.0 Å². The van der Waals surface area contributed by atoms with Crippen LogP contribution in [-0.4, -0.2) is 11.4 Å². The summed E-state index contributed by atoms with van der Waals surface area (Å²) in [5.41, 5.74) is 26.4. The highest BCUT2D eigenvalue weighted by Crippen LogP contribution is 2.52. The summed E-state index contributed by atoms with van der Waals surface area (Å²) >= 11 is 0. The molecule has 0 saturated heterocycles. The van der Waals surface area contributed by atoms with E-state index in [0.29, 0.717) is 0 Å². The molecule has 0 radical (unpaired) electrons. The van der Waals surface area contributed by atoms with Gasteiger partial charge in [0.1, 0.15) is 0 Å². The van der Waals surface area contributed by atoms with Crippen molar-refractivity contribution in [1.29, 1.82) is 0 Å². The first-order valence-corrected chi connectivity index (χ1v) is 26.9. The molecule has 3 heterocycles. The van der Waals surface area contributed by atoms with Crippen LogP contribution in [0, 0.1) is 13.8 Å². The summed E-state index contributed by atoms with van der Waals surface area (Å²) in [6.45, 7) is 42.5. The molecule has 7 aromatic carbocycles. The van der Waals surface area contributed by atoms with Gasteiger partial charge in [-0.05, 0) is 187 Å². The van der Waals surface area contributed by atoms with E-state index in [1.54, 1.807) is 0 Å². The first kappa shape index (κ1) is 48.3. The van der Waals surface area contributed by atoms with Crippen LogP contribution < -0.4 is 20.6 Å². The summed E-state index contributed by atoms with van der Waals surface area (Å²) in [6.07, 6.45) is 2.34. The molecule has 2 aliphatic heterocycles. The molecule has 0 N–H and O–H groups in total. The zero-order chi connectivity index (χ0) is 51.6. The summed E-state index contributed by atoms with van der Waals surface area (Å²) in [5.74, 6) is 0. The molecule has 8 aromatic rings. The Kier molecular flexibility index (Phi) is 10.6. The number of anilines is 5. The molecule has 11 rings (SSSR count). The molecule has 4 heteroatoms. The molecule has 0 fully saturated rings. The fourth-order valence-electron chi connectivity index (χ4n) is 12.6. The van der Waals surface area contributed by atoms with E-state index in [0.717, 1.165) is 23.5 Å². The largest absolute Gasteiger partial charge is 0.376 e. The number of nitrogens with zero attached hydrogens (tertiary/aromatic N) is 3. The zero-order valence-electron chi connectivity index (χ0n) is 46.9. The van der Waals surface area contributed by atoms with Gasteiger partial charge in [-0.15, -0.1) is 0 Å². The monoisotopic (exact) mass is 948 g/mol. The molecule has 368 valence electrons. The van der Waals surface area contributed by atoms with E-state index in [-0.39, 0.29) is 39.3 Å². The third-order valence-corrected chi connectivity index (χ3v) is 17.2. The third kappa shape index (κ3) is 7.59. The van der Waals surface area contributed by atoms with Gasteiger partial charge in [-0.3, -0.25) is 0 Å². The molecule has 0 atom stereocenters. The maximum Gasteiger partial charge on any atom is 0.333 e. The average Bonchev–Trinajstić information content (AvgIpc) is 3.63. The van der Waals surface area contributed by atoms with Crippen LogP contribution in [0.3, 0.4) is 0 Å². The number of fused-ring (bicyclic) bond motifs is 8. The van der Waals surface area contributed by atoms with Gasteiger partial charge in [-0.25, -0.2) is 0 Å². The summed E-state index contributed by atoms with van der Waals surface area (Å²) in [5, 5.41) is 2.69. The van der Waals surface area contributed by atoms with Gasteiger partial charge in [0.25, 0.3) is 0 Å².